The quantitative estimate of drug-likeness (QED) is 0.655. The molecule has 0 fully saturated rings. The molecule has 0 saturated carbocycles. The average molecular weight is 359 g/mol. The minimum atomic E-state index is -0.00439. The number of aromatic amines is 1. The molecule has 0 unspecified atom stereocenters. The van der Waals surface area contributed by atoms with Gasteiger partial charge in [0.1, 0.15) is 7.05 Å². The van der Waals surface area contributed by atoms with E-state index < -0.39 is 0 Å². The smallest absolute Gasteiger partial charge is 0.209 e. The first-order valence-electron chi connectivity index (χ1n) is 9.52. The van der Waals surface area contributed by atoms with Gasteiger partial charge in [-0.25, -0.2) is 0 Å². The van der Waals surface area contributed by atoms with E-state index in [1.54, 1.807) is 0 Å². The summed E-state index contributed by atoms with van der Waals surface area (Å²) in [6.07, 6.45) is 4.53. The molecule has 3 aromatic rings. The molecule has 1 aromatic heterocycles. The minimum absolute atomic E-state index is 0.00439. The lowest BCUT2D eigenvalue weighted by atomic mass is 9.81. The number of H-pyrrole nitrogens is 1. The van der Waals surface area contributed by atoms with Crippen LogP contribution in [-0.4, -0.2) is 41.3 Å². The second kappa shape index (κ2) is 6.50. The van der Waals surface area contributed by atoms with Gasteiger partial charge in [-0.15, -0.1) is 0 Å². The number of rotatable bonds is 4. The zero-order chi connectivity index (χ0) is 19.2. The van der Waals surface area contributed by atoms with Crippen molar-refractivity contribution in [3.8, 4) is 0 Å². The first kappa shape index (κ1) is 17.7. The fourth-order valence-corrected chi connectivity index (χ4v) is 4.31. The summed E-state index contributed by atoms with van der Waals surface area (Å²) >= 11 is 0. The lowest BCUT2D eigenvalue weighted by Gasteiger charge is -2.15. The summed E-state index contributed by atoms with van der Waals surface area (Å²) in [6.45, 7) is 5.53. The van der Waals surface area contributed by atoms with Crippen molar-refractivity contribution in [1.82, 2.24) is 9.88 Å². The number of fused-ring (bicyclic) bond motifs is 2. The SMILES string of the molecule is CN(C)Cc1c(/C=C/C2=[N+](C)c3ccccc3C2(C)C)[nH]c2ccccc12. The minimum Gasteiger partial charge on any atom is -0.355 e. The second-order valence-corrected chi connectivity index (χ2v) is 8.22. The average Bonchev–Trinajstić information content (AvgIpc) is 3.07. The summed E-state index contributed by atoms with van der Waals surface area (Å²) in [5.41, 5.74) is 7.74. The fourth-order valence-electron chi connectivity index (χ4n) is 4.31. The monoisotopic (exact) mass is 358 g/mol. The maximum atomic E-state index is 3.61. The Bertz CT molecular complexity index is 1060. The third kappa shape index (κ3) is 2.92. The molecule has 2 aromatic carbocycles. The molecule has 1 aliphatic rings. The highest BCUT2D eigenvalue weighted by Gasteiger charge is 2.42. The Labute approximate surface area is 161 Å². The summed E-state index contributed by atoms with van der Waals surface area (Å²) in [7, 11) is 6.40. The standard InChI is InChI=1S/C24H27N3/c1-24(2)19-11-7-9-13-22(19)27(5)23(24)15-14-21-18(16-26(3)4)17-10-6-8-12-20(17)25-21/h6-15H,16H2,1-5H3/p+1. The Morgan fingerprint density at radius 1 is 1.00 bits per heavy atom. The molecule has 0 bridgehead atoms. The first-order chi connectivity index (χ1) is 12.9. The number of hydrogen-bond acceptors (Lipinski definition) is 1. The summed E-state index contributed by atoms with van der Waals surface area (Å²) in [5, 5.41) is 1.30. The van der Waals surface area contributed by atoms with Gasteiger partial charge in [0.25, 0.3) is 0 Å². The Hall–Kier alpha value is -2.65. The number of aromatic nitrogens is 1. The molecule has 1 aliphatic heterocycles. The van der Waals surface area contributed by atoms with E-state index in [0.717, 1.165) is 6.54 Å². The molecule has 0 amide bonds. The van der Waals surface area contributed by atoms with Gasteiger partial charge < -0.3 is 9.88 Å². The third-order valence-electron chi connectivity index (χ3n) is 5.67. The van der Waals surface area contributed by atoms with E-state index >= 15 is 0 Å². The van der Waals surface area contributed by atoms with E-state index in [1.807, 2.05) is 0 Å². The summed E-state index contributed by atoms with van der Waals surface area (Å²) in [5.74, 6) is 0. The number of benzene rings is 2. The number of hydrogen-bond donors (Lipinski definition) is 1. The van der Waals surface area contributed by atoms with Gasteiger partial charge in [0, 0.05) is 40.8 Å². The Morgan fingerprint density at radius 3 is 2.44 bits per heavy atom. The van der Waals surface area contributed by atoms with Crippen molar-refractivity contribution >= 4 is 28.4 Å². The molecular weight excluding hydrogens is 330 g/mol. The Balaban J connectivity index is 1.79. The predicted molar refractivity (Wildman–Crippen MR) is 115 cm³/mol. The van der Waals surface area contributed by atoms with E-state index in [1.165, 1.54) is 39.1 Å². The molecule has 0 atom stereocenters. The maximum Gasteiger partial charge on any atom is 0.209 e. The van der Waals surface area contributed by atoms with E-state index in [2.05, 4.69) is 110 Å². The van der Waals surface area contributed by atoms with Crippen LogP contribution >= 0.6 is 0 Å². The normalized spacial score (nSPS) is 16.1. The highest BCUT2D eigenvalue weighted by atomic mass is 15.1. The highest BCUT2D eigenvalue weighted by molar-refractivity contribution is 6.05. The van der Waals surface area contributed by atoms with Crippen molar-refractivity contribution in [3.63, 3.8) is 0 Å². The molecule has 1 N–H and O–H groups in total. The van der Waals surface area contributed by atoms with Gasteiger partial charge >= 0.3 is 0 Å². The summed E-state index contributed by atoms with van der Waals surface area (Å²) < 4.78 is 2.32. The van der Waals surface area contributed by atoms with E-state index in [-0.39, 0.29) is 5.41 Å². The van der Waals surface area contributed by atoms with Crippen molar-refractivity contribution in [2.75, 3.05) is 21.1 Å². The van der Waals surface area contributed by atoms with Crippen LogP contribution in [0.2, 0.25) is 0 Å². The van der Waals surface area contributed by atoms with Crippen LogP contribution in [0.3, 0.4) is 0 Å². The van der Waals surface area contributed by atoms with Crippen LogP contribution in [0.15, 0.2) is 54.6 Å². The van der Waals surface area contributed by atoms with Gasteiger partial charge in [0.05, 0.1) is 5.41 Å². The molecule has 0 aliphatic carbocycles. The zero-order valence-electron chi connectivity index (χ0n) is 16.9. The van der Waals surface area contributed by atoms with Crippen LogP contribution in [-0.2, 0) is 12.0 Å². The number of nitrogens with one attached hydrogen (secondary N) is 1. The molecular formula is C24H28N3+. The maximum absolute atomic E-state index is 3.61. The Kier molecular flexibility index (Phi) is 4.27. The van der Waals surface area contributed by atoms with E-state index in [4.69, 9.17) is 0 Å². The van der Waals surface area contributed by atoms with Crippen LogP contribution < -0.4 is 0 Å². The molecule has 27 heavy (non-hydrogen) atoms. The van der Waals surface area contributed by atoms with Gasteiger partial charge in [-0.1, -0.05) is 36.4 Å². The lowest BCUT2D eigenvalue weighted by molar-refractivity contribution is -0.401. The largest absolute Gasteiger partial charge is 0.355 e. The van der Waals surface area contributed by atoms with Crippen molar-refractivity contribution in [2.45, 2.75) is 25.8 Å². The van der Waals surface area contributed by atoms with Crippen LogP contribution in [0.25, 0.3) is 17.0 Å². The fraction of sp³-hybridized carbons (Fsp3) is 0.292. The second-order valence-electron chi connectivity index (χ2n) is 8.22. The van der Waals surface area contributed by atoms with Gasteiger partial charge in [0.2, 0.25) is 5.69 Å². The number of nitrogens with zero attached hydrogens (tertiary/aromatic N) is 2. The van der Waals surface area contributed by atoms with Crippen LogP contribution in [0.1, 0.15) is 30.7 Å². The molecule has 3 heteroatoms. The molecule has 4 rings (SSSR count). The zero-order valence-corrected chi connectivity index (χ0v) is 16.9. The van der Waals surface area contributed by atoms with Gasteiger partial charge in [0.15, 0.2) is 5.71 Å². The number of para-hydroxylation sites is 2. The van der Waals surface area contributed by atoms with E-state index in [0.29, 0.717) is 0 Å². The third-order valence-corrected chi connectivity index (χ3v) is 5.67. The molecule has 2 heterocycles. The molecule has 0 saturated heterocycles. The summed E-state index contributed by atoms with van der Waals surface area (Å²) in [6, 6.07) is 17.3. The van der Waals surface area contributed by atoms with Gasteiger partial charge in [-0.2, -0.15) is 4.58 Å². The number of allylic oxidation sites excluding steroid dienone is 1. The Morgan fingerprint density at radius 2 is 1.70 bits per heavy atom. The van der Waals surface area contributed by atoms with E-state index in [9.17, 15) is 0 Å². The molecule has 3 nitrogen and oxygen atoms in total. The summed E-state index contributed by atoms with van der Waals surface area (Å²) in [4.78, 5) is 5.84. The topological polar surface area (TPSA) is 22.0 Å². The van der Waals surface area contributed by atoms with Gasteiger partial charge in [-0.05, 0) is 45.6 Å². The molecule has 0 spiro atoms. The van der Waals surface area contributed by atoms with Crippen molar-refractivity contribution in [1.29, 1.82) is 0 Å². The predicted octanol–water partition coefficient (Wildman–Crippen LogP) is 4.95. The van der Waals surface area contributed by atoms with Crippen LogP contribution in [0.4, 0.5) is 5.69 Å². The van der Waals surface area contributed by atoms with Crippen molar-refractivity contribution < 1.29 is 4.58 Å². The first-order valence-corrected chi connectivity index (χ1v) is 9.52. The van der Waals surface area contributed by atoms with Crippen LogP contribution in [0.5, 0.6) is 0 Å². The molecule has 138 valence electrons. The highest BCUT2D eigenvalue weighted by Crippen LogP contribution is 2.39. The van der Waals surface area contributed by atoms with Crippen molar-refractivity contribution in [3.05, 3.63) is 71.4 Å². The van der Waals surface area contributed by atoms with Crippen LogP contribution in [0, 0.1) is 0 Å². The lowest BCUT2D eigenvalue weighted by Crippen LogP contribution is -2.26. The molecule has 0 radical (unpaired) electrons. The van der Waals surface area contributed by atoms with Gasteiger partial charge in [-0.3, -0.25) is 0 Å². The van der Waals surface area contributed by atoms with Crippen molar-refractivity contribution in [2.24, 2.45) is 0 Å².